The van der Waals surface area contributed by atoms with Crippen molar-refractivity contribution in [3.8, 4) is 0 Å². The van der Waals surface area contributed by atoms with E-state index in [4.69, 9.17) is 23.7 Å². The fraction of sp³-hybridized carbons (Fsp3) is 1.00. The van der Waals surface area contributed by atoms with Crippen LogP contribution in [0.4, 0.5) is 8.78 Å². The molecule has 3 rings (SSSR count). The van der Waals surface area contributed by atoms with Crippen molar-refractivity contribution in [2.45, 2.75) is 92.1 Å². The van der Waals surface area contributed by atoms with Crippen molar-refractivity contribution < 1.29 is 78.4 Å². The first-order valence-corrected chi connectivity index (χ1v) is 10.5. The van der Waals surface area contributed by atoms with E-state index in [0.29, 0.717) is 0 Å². The Morgan fingerprint density at radius 1 is 0.500 bits per heavy atom. The van der Waals surface area contributed by atoms with E-state index in [-0.39, 0.29) is 0 Å². The van der Waals surface area contributed by atoms with Gasteiger partial charge in [-0.15, -0.1) is 0 Å². The van der Waals surface area contributed by atoms with Gasteiger partial charge in [0.2, 0.25) is 0 Å². The highest BCUT2D eigenvalue weighted by Gasteiger charge is 2.53. The van der Waals surface area contributed by atoms with E-state index >= 15 is 0 Å². The van der Waals surface area contributed by atoms with Gasteiger partial charge >= 0.3 is 0 Å². The number of rotatable bonds is 7. The molecule has 14 nitrogen and oxygen atoms in total. The molecule has 0 aromatic carbocycles. The average Bonchev–Trinajstić information content (AvgIpc) is 2.83. The molecule has 3 saturated heterocycles. The average molecular weight is 508 g/mol. The van der Waals surface area contributed by atoms with Crippen LogP contribution in [0.15, 0.2) is 0 Å². The van der Waals surface area contributed by atoms with Crippen molar-refractivity contribution in [1.29, 1.82) is 0 Å². The van der Waals surface area contributed by atoms with E-state index in [1.807, 2.05) is 0 Å². The van der Waals surface area contributed by atoms with Gasteiger partial charge in [-0.25, -0.2) is 8.78 Å². The highest BCUT2D eigenvalue weighted by atomic mass is 19.1. The van der Waals surface area contributed by atoms with E-state index in [9.17, 15) is 54.7 Å². The second kappa shape index (κ2) is 11.6. The van der Waals surface area contributed by atoms with Crippen LogP contribution in [-0.4, -0.2) is 158 Å². The zero-order valence-electron chi connectivity index (χ0n) is 17.6. The van der Waals surface area contributed by atoms with Crippen LogP contribution in [-0.2, 0) is 23.7 Å². The number of hydrogen-bond acceptors (Lipinski definition) is 14. The molecule has 3 fully saturated rings. The molecular weight excluding hydrogens is 478 g/mol. The molecule has 0 aliphatic carbocycles. The first kappa shape index (κ1) is 27.9. The Bertz CT molecular complexity index is 646. The van der Waals surface area contributed by atoms with E-state index in [0.717, 1.165) is 0 Å². The smallest absolute Gasteiger partial charge is 0.190 e. The third-order valence-electron chi connectivity index (χ3n) is 6.03. The Morgan fingerprint density at radius 3 is 1.41 bits per heavy atom. The molecule has 3 aliphatic rings. The topological polar surface area (TPSA) is 228 Å². The van der Waals surface area contributed by atoms with E-state index < -0.39 is 112 Å². The second-order valence-electron chi connectivity index (χ2n) is 8.28. The maximum Gasteiger partial charge on any atom is 0.190 e. The molecule has 0 saturated carbocycles. The fourth-order valence-electron chi connectivity index (χ4n) is 3.91. The number of halogens is 2. The van der Waals surface area contributed by atoms with Gasteiger partial charge in [-0.3, -0.25) is 0 Å². The number of ether oxygens (including phenoxy) is 5. The molecule has 0 spiro atoms. The highest BCUT2D eigenvalue weighted by molar-refractivity contribution is 4.95. The van der Waals surface area contributed by atoms with Crippen LogP contribution >= 0.6 is 0 Å². The van der Waals surface area contributed by atoms with E-state index in [2.05, 4.69) is 0 Å². The lowest BCUT2D eigenvalue weighted by atomic mass is 9.97. The molecule has 15 atom stereocenters. The lowest BCUT2D eigenvalue weighted by Crippen LogP contribution is -2.66. The van der Waals surface area contributed by atoms with Gasteiger partial charge in [-0.05, 0) is 0 Å². The summed E-state index contributed by atoms with van der Waals surface area (Å²) in [6.07, 6.45) is -27.2. The van der Waals surface area contributed by atoms with Crippen LogP contribution in [0.5, 0.6) is 0 Å². The monoisotopic (exact) mass is 508 g/mol. The summed E-state index contributed by atoms with van der Waals surface area (Å²) >= 11 is 0. The number of aliphatic hydroxyl groups excluding tert-OH is 9. The molecule has 0 aromatic heterocycles. The van der Waals surface area contributed by atoms with Crippen molar-refractivity contribution >= 4 is 0 Å². The van der Waals surface area contributed by atoms with Crippen molar-refractivity contribution in [2.24, 2.45) is 0 Å². The van der Waals surface area contributed by atoms with Gasteiger partial charge in [0, 0.05) is 0 Å². The van der Waals surface area contributed by atoms with E-state index in [1.165, 1.54) is 0 Å². The van der Waals surface area contributed by atoms with Gasteiger partial charge in [-0.2, -0.15) is 0 Å². The molecule has 0 bridgehead atoms. The van der Waals surface area contributed by atoms with Gasteiger partial charge < -0.3 is 69.6 Å². The van der Waals surface area contributed by atoms with Crippen LogP contribution in [0.1, 0.15) is 0 Å². The molecule has 0 radical (unpaired) electrons. The first-order valence-electron chi connectivity index (χ1n) is 10.5. The van der Waals surface area contributed by atoms with Gasteiger partial charge in [0.15, 0.2) is 18.9 Å². The van der Waals surface area contributed by atoms with Gasteiger partial charge in [0.1, 0.15) is 86.6 Å². The van der Waals surface area contributed by atoms with Crippen LogP contribution in [0.25, 0.3) is 0 Å². The summed E-state index contributed by atoms with van der Waals surface area (Å²) in [6, 6.07) is 0. The van der Waals surface area contributed by atoms with Crippen LogP contribution in [0.3, 0.4) is 0 Å². The Kier molecular flexibility index (Phi) is 9.49. The first-order chi connectivity index (χ1) is 16.0. The van der Waals surface area contributed by atoms with Crippen molar-refractivity contribution in [1.82, 2.24) is 0 Å². The standard InChI is InChI=1S/C18H30F2O14/c19-1-4-7(22)10(25)14(29)17(30-4)34-18-15(12(27)8(23)5(2-20)31-18)33-16-13(28)11(26)9(24)6(3-21)32-16/h4-18,21-29H,1-3H2/t4-,5-,6-,7-,8-,9-,10+,11+,12+,13-,14-,15-,16+,17-,18-/m1/s1. The molecule has 0 amide bonds. The molecule has 0 aromatic rings. The van der Waals surface area contributed by atoms with Crippen molar-refractivity contribution in [3.63, 3.8) is 0 Å². The highest BCUT2D eigenvalue weighted by Crippen LogP contribution is 2.32. The predicted molar refractivity (Wildman–Crippen MR) is 99.0 cm³/mol. The van der Waals surface area contributed by atoms with Gasteiger partial charge in [0.25, 0.3) is 0 Å². The maximum absolute atomic E-state index is 13.4. The molecule has 3 aliphatic heterocycles. The van der Waals surface area contributed by atoms with Crippen molar-refractivity contribution in [2.75, 3.05) is 20.0 Å². The van der Waals surface area contributed by atoms with E-state index in [1.54, 1.807) is 0 Å². The quantitative estimate of drug-likeness (QED) is 0.156. The Morgan fingerprint density at radius 2 is 0.912 bits per heavy atom. The lowest BCUT2D eigenvalue weighted by Gasteiger charge is -2.47. The summed E-state index contributed by atoms with van der Waals surface area (Å²) in [5.74, 6) is 0. The number of hydrogen-bond donors (Lipinski definition) is 9. The molecule has 9 N–H and O–H groups in total. The summed E-state index contributed by atoms with van der Waals surface area (Å²) in [4.78, 5) is 0. The Balaban J connectivity index is 1.81. The Hall–Kier alpha value is -0.700. The minimum atomic E-state index is -1.97. The second-order valence-corrected chi connectivity index (χ2v) is 8.28. The SMILES string of the molecule is OC[C@H]1O[C@@H](O[C@H]2[C@@H](O[C@H]3O[C@H](CF)[C@@H](O)[C@H](O)[C@H]3O)O[C@H](CF)[C@@H](O)[C@@H]2O)[C@H](O)[C@@H](O)[C@@H]1O. The summed E-state index contributed by atoms with van der Waals surface area (Å²) in [7, 11) is 0. The van der Waals surface area contributed by atoms with Crippen molar-refractivity contribution in [3.05, 3.63) is 0 Å². The molecule has 16 heteroatoms. The lowest BCUT2D eigenvalue weighted by molar-refractivity contribution is -0.400. The number of aliphatic hydroxyl groups is 9. The minimum Gasteiger partial charge on any atom is -0.394 e. The number of alkyl halides is 2. The molecular formula is C18H30F2O14. The zero-order chi connectivity index (χ0) is 25.3. The third-order valence-corrected chi connectivity index (χ3v) is 6.03. The predicted octanol–water partition coefficient (Wildman–Crippen LogP) is -5.62. The molecule has 0 unspecified atom stereocenters. The molecule has 3 heterocycles. The zero-order valence-corrected chi connectivity index (χ0v) is 17.6. The summed E-state index contributed by atoms with van der Waals surface area (Å²) in [5, 5.41) is 89.8. The van der Waals surface area contributed by atoms with Crippen LogP contribution in [0, 0.1) is 0 Å². The normalized spacial score (nSPS) is 52.5. The Labute approximate surface area is 191 Å². The molecule has 34 heavy (non-hydrogen) atoms. The van der Waals surface area contributed by atoms with Crippen LogP contribution < -0.4 is 0 Å². The van der Waals surface area contributed by atoms with Crippen LogP contribution in [0.2, 0.25) is 0 Å². The third kappa shape index (κ3) is 5.35. The molecule has 200 valence electrons. The minimum absolute atomic E-state index is 0.798. The summed E-state index contributed by atoms with van der Waals surface area (Å²) in [5.41, 5.74) is 0. The summed E-state index contributed by atoms with van der Waals surface area (Å²) in [6.45, 7) is -3.39. The van der Waals surface area contributed by atoms with Gasteiger partial charge in [0.05, 0.1) is 6.61 Å². The maximum atomic E-state index is 13.4. The largest absolute Gasteiger partial charge is 0.394 e. The summed E-state index contributed by atoms with van der Waals surface area (Å²) < 4.78 is 52.7. The van der Waals surface area contributed by atoms with Gasteiger partial charge in [-0.1, -0.05) is 0 Å². The fourth-order valence-corrected chi connectivity index (χ4v) is 3.91.